The van der Waals surface area contributed by atoms with E-state index in [9.17, 15) is 14.7 Å². The minimum atomic E-state index is -0.988. The van der Waals surface area contributed by atoms with Gasteiger partial charge in [0.2, 0.25) is 0 Å². The molecule has 5 rings (SSSR count). The Bertz CT molecular complexity index is 1110. The van der Waals surface area contributed by atoms with Crippen molar-refractivity contribution in [1.82, 2.24) is 15.3 Å². The number of thioether (sulfide) groups is 1. The number of para-hydroxylation sites is 1. The van der Waals surface area contributed by atoms with Gasteiger partial charge in [-0.05, 0) is 30.3 Å². The molecule has 0 saturated carbocycles. The summed E-state index contributed by atoms with van der Waals surface area (Å²) in [5, 5.41) is 12.1. The van der Waals surface area contributed by atoms with Crippen molar-refractivity contribution in [3.8, 4) is 11.5 Å². The minimum absolute atomic E-state index is 0.401. The number of carboxylic acid groups (broad SMARTS) is 1. The summed E-state index contributed by atoms with van der Waals surface area (Å²) in [5.74, 6) is 0.637. The summed E-state index contributed by atoms with van der Waals surface area (Å²) >= 11 is 1.14. The van der Waals surface area contributed by atoms with Crippen LogP contribution in [0.1, 0.15) is 11.6 Å². The van der Waals surface area contributed by atoms with Crippen LogP contribution in [0, 0.1) is 0 Å². The third-order valence-electron chi connectivity index (χ3n) is 4.68. The zero-order chi connectivity index (χ0) is 20.0. The van der Waals surface area contributed by atoms with Crippen molar-refractivity contribution in [3.63, 3.8) is 0 Å². The van der Waals surface area contributed by atoms with Crippen molar-refractivity contribution in [2.45, 2.75) is 16.3 Å². The molecule has 2 atom stereocenters. The Labute approximate surface area is 169 Å². The van der Waals surface area contributed by atoms with Crippen LogP contribution in [0.5, 0.6) is 11.5 Å². The number of carbonyl (C=O) groups is 2. The fourth-order valence-corrected chi connectivity index (χ4v) is 4.59. The number of aromatic nitrogens is 2. The fourth-order valence-electron chi connectivity index (χ4n) is 3.43. The van der Waals surface area contributed by atoms with Crippen LogP contribution < -0.4 is 15.0 Å². The van der Waals surface area contributed by atoms with E-state index in [1.54, 1.807) is 24.4 Å². The molecule has 144 valence electrons. The first-order valence-electron chi connectivity index (χ1n) is 8.80. The highest BCUT2D eigenvalue weighted by Crippen LogP contribution is 2.50. The van der Waals surface area contributed by atoms with Gasteiger partial charge in [0.1, 0.15) is 27.6 Å². The summed E-state index contributed by atoms with van der Waals surface area (Å²) < 4.78 is 5.74. The molecule has 2 amide bonds. The minimum Gasteiger partial charge on any atom is -0.480 e. The van der Waals surface area contributed by atoms with Gasteiger partial charge in [-0.25, -0.2) is 19.7 Å². The van der Waals surface area contributed by atoms with Crippen LogP contribution in [-0.4, -0.2) is 32.3 Å². The zero-order valence-corrected chi connectivity index (χ0v) is 15.7. The van der Waals surface area contributed by atoms with Crippen LogP contribution in [0.4, 0.5) is 16.3 Å². The van der Waals surface area contributed by atoms with Gasteiger partial charge >= 0.3 is 12.0 Å². The number of ether oxygens (including phenoxy) is 1. The fraction of sp³-hybridized carbons (Fsp3) is 0.100. The Morgan fingerprint density at radius 2 is 1.93 bits per heavy atom. The lowest BCUT2D eigenvalue weighted by Gasteiger charge is -2.33. The van der Waals surface area contributed by atoms with Gasteiger partial charge in [-0.3, -0.25) is 4.79 Å². The molecule has 2 unspecified atom stereocenters. The van der Waals surface area contributed by atoms with Crippen molar-refractivity contribution in [2.24, 2.45) is 0 Å². The second-order valence-corrected chi connectivity index (χ2v) is 7.59. The SMILES string of the molecule is O=C(O)C1Sc2nccc3c2C1NC(=O)N3c1ccc(Oc2ccccc2)cn1. The Balaban J connectivity index is 1.48. The van der Waals surface area contributed by atoms with Crippen molar-refractivity contribution in [2.75, 3.05) is 4.90 Å². The number of carbonyl (C=O) groups excluding carboxylic acids is 1. The van der Waals surface area contributed by atoms with Crippen molar-refractivity contribution in [1.29, 1.82) is 0 Å². The molecule has 0 fully saturated rings. The summed E-state index contributed by atoms with van der Waals surface area (Å²) in [7, 11) is 0. The monoisotopic (exact) mass is 406 g/mol. The molecule has 3 aromatic rings. The van der Waals surface area contributed by atoms with E-state index < -0.39 is 23.3 Å². The first kappa shape index (κ1) is 17.5. The maximum Gasteiger partial charge on any atom is 0.328 e. The lowest BCUT2D eigenvalue weighted by atomic mass is 10.0. The van der Waals surface area contributed by atoms with Crippen LogP contribution in [0.25, 0.3) is 0 Å². The maximum atomic E-state index is 12.8. The number of anilines is 2. The van der Waals surface area contributed by atoms with Gasteiger partial charge in [-0.15, -0.1) is 0 Å². The lowest BCUT2D eigenvalue weighted by molar-refractivity contribution is -0.136. The first-order valence-corrected chi connectivity index (χ1v) is 9.68. The van der Waals surface area contributed by atoms with E-state index in [4.69, 9.17) is 4.74 Å². The molecule has 1 aromatic carbocycles. The molecule has 8 nitrogen and oxygen atoms in total. The second-order valence-electron chi connectivity index (χ2n) is 6.46. The van der Waals surface area contributed by atoms with E-state index in [-0.39, 0.29) is 0 Å². The standard InChI is InChI=1S/C20H14N4O4S/c25-19(26)17-16-15-13(8-9-21-18(15)29-17)24(20(27)23-16)14-7-6-12(10-22-14)28-11-4-2-1-3-5-11/h1-10,16-17H,(H,23,27)(H,25,26). The van der Waals surface area contributed by atoms with Crippen LogP contribution in [0.3, 0.4) is 0 Å². The Morgan fingerprint density at radius 1 is 1.10 bits per heavy atom. The van der Waals surface area contributed by atoms with Crippen molar-refractivity contribution < 1.29 is 19.4 Å². The van der Waals surface area contributed by atoms with Gasteiger partial charge in [0.05, 0.1) is 17.9 Å². The van der Waals surface area contributed by atoms with Gasteiger partial charge in [0.25, 0.3) is 0 Å². The molecule has 29 heavy (non-hydrogen) atoms. The largest absolute Gasteiger partial charge is 0.480 e. The van der Waals surface area contributed by atoms with Gasteiger partial charge in [0, 0.05) is 11.8 Å². The van der Waals surface area contributed by atoms with Crippen molar-refractivity contribution in [3.05, 3.63) is 66.5 Å². The van der Waals surface area contributed by atoms with E-state index in [2.05, 4.69) is 15.3 Å². The summed E-state index contributed by atoms with van der Waals surface area (Å²) in [6.45, 7) is 0. The Morgan fingerprint density at radius 3 is 2.66 bits per heavy atom. The Hall–Kier alpha value is -3.59. The number of aliphatic carboxylic acids is 1. The average molecular weight is 406 g/mol. The topological polar surface area (TPSA) is 105 Å². The van der Waals surface area contributed by atoms with E-state index in [1.807, 2.05) is 30.3 Å². The Kier molecular flexibility index (Phi) is 4.09. The number of rotatable bonds is 4. The first-order chi connectivity index (χ1) is 14.1. The van der Waals surface area contributed by atoms with Gasteiger partial charge < -0.3 is 15.2 Å². The molecule has 2 N–H and O–H groups in total. The lowest BCUT2D eigenvalue weighted by Crippen LogP contribution is -2.47. The van der Waals surface area contributed by atoms with Crippen LogP contribution >= 0.6 is 11.8 Å². The maximum absolute atomic E-state index is 12.8. The summed E-state index contributed by atoms with van der Waals surface area (Å²) in [6, 6.07) is 13.4. The van der Waals surface area contributed by atoms with E-state index in [0.717, 1.165) is 11.8 Å². The molecule has 0 aliphatic carbocycles. The molecule has 9 heteroatoms. The molecule has 2 aliphatic rings. The quantitative estimate of drug-likeness (QED) is 0.680. The zero-order valence-electron chi connectivity index (χ0n) is 14.9. The van der Waals surface area contributed by atoms with Crippen LogP contribution in [0.2, 0.25) is 0 Å². The normalized spacial score (nSPS) is 19.4. The number of benzene rings is 1. The van der Waals surface area contributed by atoms with Crippen LogP contribution in [-0.2, 0) is 4.79 Å². The van der Waals surface area contributed by atoms with E-state index in [1.165, 1.54) is 11.1 Å². The third kappa shape index (κ3) is 2.95. The molecule has 0 saturated heterocycles. The van der Waals surface area contributed by atoms with Gasteiger partial charge in [-0.2, -0.15) is 0 Å². The number of hydrogen-bond donors (Lipinski definition) is 2. The third-order valence-corrected chi connectivity index (χ3v) is 5.95. The number of amides is 2. The predicted molar refractivity (Wildman–Crippen MR) is 106 cm³/mol. The molecule has 2 aromatic heterocycles. The number of nitrogens with one attached hydrogen (secondary N) is 1. The highest BCUT2D eigenvalue weighted by Gasteiger charge is 2.46. The number of nitrogens with zero attached hydrogens (tertiary/aromatic N) is 3. The highest BCUT2D eigenvalue weighted by molar-refractivity contribution is 8.00. The highest BCUT2D eigenvalue weighted by atomic mass is 32.2. The van der Waals surface area contributed by atoms with Crippen LogP contribution in [0.15, 0.2) is 66.0 Å². The summed E-state index contributed by atoms with van der Waals surface area (Å²) in [4.78, 5) is 34.5. The number of carboxylic acids is 1. The van der Waals surface area contributed by atoms with Crippen molar-refractivity contribution >= 4 is 35.3 Å². The number of hydrogen-bond acceptors (Lipinski definition) is 6. The summed E-state index contributed by atoms with van der Waals surface area (Å²) in [5.41, 5.74) is 1.29. The summed E-state index contributed by atoms with van der Waals surface area (Å²) in [6.07, 6.45) is 3.11. The molecular weight excluding hydrogens is 392 g/mol. The second kappa shape index (κ2) is 6.78. The molecule has 0 radical (unpaired) electrons. The van der Waals surface area contributed by atoms with Gasteiger partial charge in [-0.1, -0.05) is 30.0 Å². The van der Waals surface area contributed by atoms with E-state index >= 15 is 0 Å². The number of pyridine rings is 2. The molecule has 4 heterocycles. The number of urea groups is 1. The smallest absolute Gasteiger partial charge is 0.328 e. The molecule has 2 aliphatic heterocycles. The average Bonchev–Trinajstić information content (AvgIpc) is 3.10. The van der Waals surface area contributed by atoms with E-state index in [0.29, 0.717) is 33.6 Å². The molecule has 0 bridgehead atoms. The van der Waals surface area contributed by atoms with Gasteiger partial charge in [0.15, 0.2) is 0 Å². The molecular formula is C20H14N4O4S. The molecule has 0 spiro atoms. The predicted octanol–water partition coefficient (Wildman–Crippen LogP) is 3.73.